The van der Waals surface area contributed by atoms with Crippen LogP contribution in [0.25, 0.3) is 10.1 Å². The number of nitrogens with zero attached hydrogens (tertiary/aromatic N) is 1. The number of imide groups is 1. The summed E-state index contributed by atoms with van der Waals surface area (Å²) >= 11 is 1.07. The highest BCUT2D eigenvalue weighted by Crippen LogP contribution is 2.22. The minimum atomic E-state index is -3.50. The zero-order valence-corrected chi connectivity index (χ0v) is 10.6. The number of benzene rings is 1. The molecular formula is C11H11BNO5S-. The van der Waals surface area contributed by atoms with Crippen molar-refractivity contribution in [1.82, 2.24) is 4.90 Å². The van der Waals surface area contributed by atoms with Crippen molar-refractivity contribution < 1.29 is 24.7 Å². The Morgan fingerprint density at radius 3 is 2.42 bits per heavy atom. The van der Waals surface area contributed by atoms with Crippen molar-refractivity contribution in [2.45, 2.75) is 6.54 Å². The fourth-order valence-electron chi connectivity index (χ4n) is 1.71. The Morgan fingerprint density at radius 2 is 1.84 bits per heavy atom. The Bertz CT molecular complexity index is 613. The van der Waals surface area contributed by atoms with Gasteiger partial charge >= 0.3 is 6.75 Å². The molecule has 1 aromatic heterocycles. The highest BCUT2D eigenvalue weighted by Gasteiger charge is 2.20. The summed E-state index contributed by atoms with van der Waals surface area (Å²) in [6.45, 7) is -3.36. The maximum absolute atomic E-state index is 10.5. The van der Waals surface area contributed by atoms with Crippen molar-refractivity contribution in [3.63, 3.8) is 0 Å². The number of carbonyl (C=O) groups excluding carboxylic acids is 2. The third-order valence-corrected chi connectivity index (χ3v) is 3.88. The first-order chi connectivity index (χ1) is 8.94. The van der Waals surface area contributed by atoms with Gasteiger partial charge in [-0.1, -0.05) is 16.9 Å². The number of fused-ring (bicyclic) bond motifs is 1. The lowest BCUT2D eigenvalue weighted by Crippen LogP contribution is -2.46. The van der Waals surface area contributed by atoms with Crippen LogP contribution in [0.5, 0.6) is 0 Å². The number of amides is 2. The van der Waals surface area contributed by atoms with Gasteiger partial charge in [0.1, 0.15) is 0 Å². The molecule has 0 spiro atoms. The van der Waals surface area contributed by atoms with E-state index in [0.717, 1.165) is 26.5 Å². The largest absolute Gasteiger partial charge is 0.555 e. The van der Waals surface area contributed by atoms with E-state index in [-0.39, 0.29) is 11.3 Å². The van der Waals surface area contributed by atoms with Crippen molar-refractivity contribution in [3.8, 4) is 0 Å². The minimum absolute atomic E-state index is 0.0646. The first kappa shape index (κ1) is 13.7. The molecule has 0 aliphatic rings. The molecule has 2 rings (SSSR count). The van der Waals surface area contributed by atoms with Crippen LogP contribution < -0.4 is 4.78 Å². The fourth-order valence-corrected chi connectivity index (χ4v) is 2.68. The lowest BCUT2D eigenvalue weighted by molar-refractivity contribution is -0.129. The molecule has 0 aliphatic carbocycles. The van der Waals surface area contributed by atoms with Gasteiger partial charge in [-0.05, 0) is 23.1 Å². The zero-order chi connectivity index (χ0) is 14.0. The molecule has 100 valence electrons. The summed E-state index contributed by atoms with van der Waals surface area (Å²) in [5.41, 5.74) is 0.725. The van der Waals surface area contributed by atoms with E-state index in [4.69, 9.17) is 15.1 Å². The van der Waals surface area contributed by atoms with Gasteiger partial charge in [0.25, 0.3) is 0 Å². The van der Waals surface area contributed by atoms with Crippen LogP contribution in [0, 0.1) is 0 Å². The highest BCUT2D eigenvalue weighted by atomic mass is 32.1. The maximum atomic E-state index is 10.5. The summed E-state index contributed by atoms with van der Waals surface area (Å²) in [6.07, 6.45) is 0.860. The molecule has 19 heavy (non-hydrogen) atoms. The van der Waals surface area contributed by atoms with Crippen LogP contribution in [0.15, 0.2) is 24.3 Å². The van der Waals surface area contributed by atoms with E-state index in [9.17, 15) is 9.59 Å². The fraction of sp³-hybridized carbons (Fsp3) is 0.0909. The molecule has 0 radical (unpaired) electrons. The van der Waals surface area contributed by atoms with Crippen LogP contribution in [0.4, 0.5) is 0 Å². The molecule has 0 aliphatic heterocycles. The van der Waals surface area contributed by atoms with Gasteiger partial charge in [0, 0.05) is 4.70 Å². The monoisotopic (exact) mass is 280 g/mol. The molecule has 2 aromatic rings. The lowest BCUT2D eigenvalue weighted by Gasteiger charge is -2.17. The predicted molar refractivity (Wildman–Crippen MR) is 71.5 cm³/mol. The molecular weight excluding hydrogens is 269 g/mol. The third-order valence-electron chi connectivity index (χ3n) is 2.62. The molecule has 8 heteroatoms. The van der Waals surface area contributed by atoms with E-state index in [1.165, 1.54) is 6.07 Å². The number of hydrogen-bond donors (Lipinski definition) is 3. The smallest absolute Gasteiger partial charge is 0.412 e. The van der Waals surface area contributed by atoms with Gasteiger partial charge in [-0.15, -0.1) is 0 Å². The van der Waals surface area contributed by atoms with E-state index < -0.39 is 6.75 Å². The van der Waals surface area contributed by atoms with E-state index in [1.54, 1.807) is 18.2 Å². The van der Waals surface area contributed by atoms with Gasteiger partial charge in [0.05, 0.1) is 6.54 Å². The van der Waals surface area contributed by atoms with Gasteiger partial charge < -0.3 is 15.1 Å². The molecule has 0 unspecified atom stereocenters. The zero-order valence-electron chi connectivity index (χ0n) is 9.76. The van der Waals surface area contributed by atoms with Crippen molar-refractivity contribution in [2.24, 2.45) is 0 Å². The Kier molecular flexibility index (Phi) is 3.67. The average molecular weight is 280 g/mol. The minimum Gasteiger partial charge on any atom is -0.555 e. The predicted octanol–water partition coefficient (Wildman–Crippen LogP) is -0.861. The van der Waals surface area contributed by atoms with Gasteiger partial charge in [-0.2, -0.15) is 11.3 Å². The van der Waals surface area contributed by atoms with E-state index in [1.807, 2.05) is 0 Å². The Morgan fingerprint density at radius 1 is 1.16 bits per heavy atom. The van der Waals surface area contributed by atoms with Gasteiger partial charge in [-0.25, -0.2) is 0 Å². The number of thiophene rings is 1. The molecule has 0 bridgehead atoms. The quantitative estimate of drug-likeness (QED) is 0.489. The normalized spacial score (nSPS) is 11.5. The van der Waals surface area contributed by atoms with Crippen LogP contribution in [-0.4, -0.2) is 39.5 Å². The second-order valence-corrected chi connectivity index (χ2v) is 5.25. The van der Waals surface area contributed by atoms with Crippen LogP contribution in [0.3, 0.4) is 0 Å². The summed E-state index contributed by atoms with van der Waals surface area (Å²) < 4.78 is 0.834. The van der Waals surface area contributed by atoms with Gasteiger partial charge in [0.15, 0.2) is 0 Å². The highest BCUT2D eigenvalue weighted by molar-refractivity contribution is 7.29. The Balaban J connectivity index is 2.35. The molecule has 0 saturated heterocycles. The van der Waals surface area contributed by atoms with E-state index >= 15 is 0 Å². The standard InChI is InChI=1S/C11H11BNO5S/c14-6-13(7-15)5-8-1-2-10-9(3-8)4-11(19-10)12(16,17)18/h1-4,6-7,16-18H,5H2/q-1. The molecule has 1 heterocycles. The lowest BCUT2D eigenvalue weighted by atomic mass is 9.78. The molecule has 1 aromatic carbocycles. The van der Waals surface area contributed by atoms with Crippen molar-refractivity contribution in [1.29, 1.82) is 0 Å². The molecule has 0 atom stereocenters. The van der Waals surface area contributed by atoms with E-state index in [0.29, 0.717) is 18.2 Å². The molecule has 0 fully saturated rings. The van der Waals surface area contributed by atoms with Crippen molar-refractivity contribution in [3.05, 3.63) is 29.8 Å². The third kappa shape index (κ3) is 2.99. The molecule has 6 nitrogen and oxygen atoms in total. The van der Waals surface area contributed by atoms with Crippen LogP contribution in [0.2, 0.25) is 0 Å². The summed E-state index contributed by atoms with van der Waals surface area (Å²) in [4.78, 5) is 22.0. The SMILES string of the molecule is O=CN(C=O)Cc1ccc2sc([B-](O)(O)O)cc2c1. The Labute approximate surface area is 112 Å². The summed E-state index contributed by atoms with van der Waals surface area (Å²) in [5.74, 6) is 0. The average Bonchev–Trinajstić information content (AvgIpc) is 2.78. The number of rotatable bonds is 5. The second-order valence-electron chi connectivity index (χ2n) is 4.14. The first-order valence-corrected chi connectivity index (χ1v) is 6.26. The van der Waals surface area contributed by atoms with Crippen LogP contribution >= 0.6 is 11.3 Å². The van der Waals surface area contributed by atoms with Crippen LogP contribution in [-0.2, 0) is 16.1 Å². The van der Waals surface area contributed by atoms with Crippen molar-refractivity contribution in [2.75, 3.05) is 0 Å². The molecule has 3 N–H and O–H groups in total. The summed E-state index contributed by atoms with van der Waals surface area (Å²) in [7, 11) is 0. The first-order valence-electron chi connectivity index (χ1n) is 5.44. The molecule has 2 amide bonds. The summed E-state index contributed by atoms with van der Waals surface area (Å²) in [6, 6.07) is 6.64. The summed E-state index contributed by atoms with van der Waals surface area (Å²) in [5, 5.41) is 28.2. The maximum Gasteiger partial charge on any atom is 0.412 e. The Hall–Kier alpha value is -1.74. The van der Waals surface area contributed by atoms with Crippen LogP contribution in [0.1, 0.15) is 5.56 Å². The van der Waals surface area contributed by atoms with Gasteiger partial charge in [0.2, 0.25) is 12.8 Å². The molecule has 0 saturated carbocycles. The number of carbonyl (C=O) groups is 2. The number of hydrogen-bond acceptors (Lipinski definition) is 6. The van der Waals surface area contributed by atoms with E-state index in [2.05, 4.69) is 0 Å². The topological polar surface area (TPSA) is 98.1 Å². The second kappa shape index (κ2) is 5.10. The van der Waals surface area contributed by atoms with Gasteiger partial charge in [-0.3, -0.25) is 14.5 Å². The van der Waals surface area contributed by atoms with Crippen molar-refractivity contribution >= 4 is 45.8 Å².